The number of anilines is 1. The zero-order valence-electron chi connectivity index (χ0n) is 12.8. The molecule has 3 heterocycles. The van der Waals surface area contributed by atoms with Gasteiger partial charge in [-0.2, -0.15) is 0 Å². The van der Waals surface area contributed by atoms with Gasteiger partial charge in [0.1, 0.15) is 0 Å². The van der Waals surface area contributed by atoms with Gasteiger partial charge in [-0.3, -0.25) is 4.79 Å². The number of carbonyl (C=O) groups is 1. The smallest absolute Gasteiger partial charge is 0.226 e. The molecule has 8 heteroatoms. The highest BCUT2D eigenvalue weighted by Gasteiger charge is 2.49. The van der Waals surface area contributed by atoms with Gasteiger partial charge < -0.3 is 9.80 Å². The van der Waals surface area contributed by atoms with Crippen LogP contribution in [-0.2, 0) is 14.6 Å². The second-order valence-corrected chi connectivity index (χ2v) is 8.77. The van der Waals surface area contributed by atoms with Crippen molar-refractivity contribution in [2.75, 3.05) is 29.5 Å². The second-order valence-electron chi connectivity index (χ2n) is 6.61. The van der Waals surface area contributed by atoms with E-state index in [0.29, 0.717) is 19.0 Å². The first kappa shape index (κ1) is 14.9. The molecule has 7 nitrogen and oxygen atoms in total. The summed E-state index contributed by atoms with van der Waals surface area (Å²) in [6.45, 7) is 1.13. The second kappa shape index (κ2) is 5.43. The van der Waals surface area contributed by atoms with Gasteiger partial charge in [0, 0.05) is 31.4 Å². The molecule has 0 radical (unpaired) electrons. The minimum atomic E-state index is -3.14. The maximum Gasteiger partial charge on any atom is 0.226 e. The van der Waals surface area contributed by atoms with E-state index >= 15 is 0 Å². The zero-order chi connectivity index (χ0) is 16.0. The van der Waals surface area contributed by atoms with E-state index in [0.717, 1.165) is 19.3 Å². The Morgan fingerprint density at radius 3 is 2.43 bits per heavy atom. The molecule has 0 aromatic carbocycles. The number of rotatable bonds is 2. The van der Waals surface area contributed by atoms with Crippen LogP contribution in [0.3, 0.4) is 0 Å². The van der Waals surface area contributed by atoms with Crippen LogP contribution in [-0.4, -0.2) is 65.9 Å². The normalized spacial score (nSPS) is 29.9. The molecule has 1 aliphatic carbocycles. The Kier molecular flexibility index (Phi) is 3.51. The highest BCUT2D eigenvalue weighted by Crippen LogP contribution is 2.34. The van der Waals surface area contributed by atoms with Crippen LogP contribution >= 0.6 is 0 Å². The Labute approximate surface area is 135 Å². The van der Waals surface area contributed by atoms with Crippen molar-refractivity contribution < 1.29 is 13.2 Å². The van der Waals surface area contributed by atoms with E-state index in [-0.39, 0.29) is 35.4 Å². The molecule has 4 rings (SSSR count). The minimum Gasteiger partial charge on any atom is -0.335 e. The summed E-state index contributed by atoms with van der Waals surface area (Å²) in [6.07, 6.45) is 6.29. The fraction of sp³-hybridized carbons (Fsp3) is 0.667. The van der Waals surface area contributed by atoms with Crippen LogP contribution in [0.15, 0.2) is 18.5 Å². The van der Waals surface area contributed by atoms with Gasteiger partial charge in [0.2, 0.25) is 11.9 Å². The summed E-state index contributed by atoms with van der Waals surface area (Å²) >= 11 is 0. The molecule has 1 saturated carbocycles. The fourth-order valence-corrected chi connectivity index (χ4v) is 5.79. The third kappa shape index (κ3) is 2.58. The lowest BCUT2D eigenvalue weighted by atomic mass is 9.83. The van der Waals surface area contributed by atoms with Gasteiger partial charge in [-0.1, -0.05) is 6.42 Å². The Morgan fingerprint density at radius 2 is 1.78 bits per heavy atom. The SMILES string of the molecule is O=C(C1CCC1)N1CCN(c2ncccn2)C2CS(=O)(=O)CC21. The number of aromatic nitrogens is 2. The van der Waals surface area contributed by atoms with Gasteiger partial charge in [0.25, 0.3) is 0 Å². The van der Waals surface area contributed by atoms with Crippen LogP contribution in [0.4, 0.5) is 5.95 Å². The van der Waals surface area contributed by atoms with Crippen LogP contribution in [0.1, 0.15) is 19.3 Å². The lowest BCUT2D eigenvalue weighted by Crippen LogP contribution is -2.62. The zero-order valence-corrected chi connectivity index (χ0v) is 13.7. The molecule has 1 aromatic heterocycles. The van der Waals surface area contributed by atoms with Crippen molar-refractivity contribution in [3.05, 3.63) is 18.5 Å². The average Bonchev–Trinajstić information content (AvgIpc) is 2.80. The van der Waals surface area contributed by atoms with Crippen molar-refractivity contribution in [3.8, 4) is 0 Å². The quantitative estimate of drug-likeness (QED) is 0.761. The molecule has 0 spiro atoms. The van der Waals surface area contributed by atoms with E-state index in [1.165, 1.54) is 0 Å². The van der Waals surface area contributed by atoms with Gasteiger partial charge in [-0.05, 0) is 18.9 Å². The molecule has 2 unspecified atom stereocenters. The summed E-state index contributed by atoms with van der Waals surface area (Å²) < 4.78 is 24.4. The molecule has 1 aromatic rings. The molecule has 2 saturated heterocycles. The summed E-state index contributed by atoms with van der Waals surface area (Å²) in [7, 11) is -3.14. The van der Waals surface area contributed by atoms with Gasteiger partial charge in [-0.15, -0.1) is 0 Å². The number of hydrogen-bond acceptors (Lipinski definition) is 6. The highest BCUT2D eigenvalue weighted by atomic mass is 32.2. The van der Waals surface area contributed by atoms with Crippen molar-refractivity contribution in [2.24, 2.45) is 5.92 Å². The monoisotopic (exact) mass is 336 g/mol. The highest BCUT2D eigenvalue weighted by molar-refractivity contribution is 7.91. The Balaban J connectivity index is 1.63. The Hall–Kier alpha value is -1.70. The first-order valence-electron chi connectivity index (χ1n) is 8.10. The van der Waals surface area contributed by atoms with E-state index in [2.05, 4.69) is 9.97 Å². The van der Waals surface area contributed by atoms with Gasteiger partial charge in [0.15, 0.2) is 9.84 Å². The number of fused-ring (bicyclic) bond motifs is 1. The largest absolute Gasteiger partial charge is 0.335 e. The van der Waals surface area contributed by atoms with Crippen LogP contribution in [0, 0.1) is 5.92 Å². The lowest BCUT2D eigenvalue weighted by Gasteiger charge is -2.45. The van der Waals surface area contributed by atoms with E-state index in [4.69, 9.17) is 0 Å². The van der Waals surface area contributed by atoms with Crippen molar-refractivity contribution in [1.29, 1.82) is 0 Å². The minimum absolute atomic E-state index is 0.0550. The maximum absolute atomic E-state index is 12.7. The Morgan fingerprint density at radius 1 is 1.09 bits per heavy atom. The van der Waals surface area contributed by atoms with E-state index in [9.17, 15) is 13.2 Å². The molecule has 2 aliphatic heterocycles. The lowest BCUT2D eigenvalue weighted by molar-refractivity contribution is -0.141. The fourth-order valence-electron chi connectivity index (χ4n) is 3.80. The average molecular weight is 336 g/mol. The van der Waals surface area contributed by atoms with Gasteiger partial charge in [0.05, 0.1) is 23.6 Å². The number of carbonyl (C=O) groups excluding carboxylic acids is 1. The number of sulfone groups is 1. The predicted octanol–water partition coefficient (Wildman–Crippen LogP) is 0.0909. The summed E-state index contributed by atoms with van der Waals surface area (Å²) in [5, 5.41) is 0. The van der Waals surface area contributed by atoms with Gasteiger partial charge in [-0.25, -0.2) is 18.4 Å². The van der Waals surface area contributed by atoms with Crippen LogP contribution in [0.5, 0.6) is 0 Å². The summed E-state index contributed by atoms with van der Waals surface area (Å²) in [5.74, 6) is 0.912. The molecule has 1 amide bonds. The van der Waals surface area contributed by atoms with Crippen LogP contribution in [0.25, 0.3) is 0 Å². The standard InChI is InChI=1S/C15H20N4O3S/c20-14(11-3-1-4-11)18-7-8-19(15-16-5-2-6-17-15)13-10-23(21,22)9-12(13)18/h2,5-6,11-13H,1,3-4,7-10H2. The van der Waals surface area contributed by atoms with Gasteiger partial charge >= 0.3 is 0 Å². The molecule has 3 aliphatic rings. The van der Waals surface area contributed by atoms with Crippen molar-refractivity contribution in [1.82, 2.24) is 14.9 Å². The molecule has 124 valence electrons. The number of nitrogens with zero attached hydrogens (tertiary/aromatic N) is 4. The van der Waals surface area contributed by atoms with E-state index in [1.807, 2.05) is 9.80 Å². The van der Waals surface area contributed by atoms with Crippen molar-refractivity contribution in [3.63, 3.8) is 0 Å². The molecular formula is C15H20N4O3S. The molecule has 3 fully saturated rings. The Bertz CT molecular complexity index is 705. The summed E-state index contributed by atoms with van der Waals surface area (Å²) in [6, 6.07) is 1.23. The first-order valence-corrected chi connectivity index (χ1v) is 9.92. The van der Waals surface area contributed by atoms with E-state index in [1.54, 1.807) is 18.5 Å². The topological polar surface area (TPSA) is 83.5 Å². The molecule has 23 heavy (non-hydrogen) atoms. The maximum atomic E-state index is 12.7. The molecule has 0 N–H and O–H groups in total. The number of piperazine rings is 1. The first-order chi connectivity index (χ1) is 11.1. The number of amides is 1. The number of hydrogen-bond donors (Lipinski definition) is 0. The third-order valence-corrected chi connectivity index (χ3v) is 6.92. The van der Waals surface area contributed by atoms with Crippen molar-refractivity contribution in [2.45, 2.75) is 31.3 Å². The molecular weight excluding hydrogens is 316 g/mol. The van der Waals surface area contributed by atoms with E-state index < -0.39 is 9.84 Å². The van der Waals surface area contributed by atoms with Crippen LogP contribution in [0.2, 0.25) is 0 Å². The molecule has 2 atom stereocenters. The third-order valence-electron chi connectivity index (χ3n) is 5.22. The summed E-state index contributed by atoms with van der Waals surface area (Å²) in [5.41, 5.74) is 0. The summed E-state index contributed by atoms with van der Waals surface area (Å²) in [4.78, 5) is 25.0. The van der Waals surface area contributed by atoms with Crippen LogP contribution < -0.4 is 4.90 Å². The van der Waals surface area contributed by atoms with Crippen molar-refractivity contribution >= 4 is 21.7 Å². The predicted molar refractivity (Wildman–Crippen MR) is 84.7 cm³/mol. The molecule has 0 bridgehead atoms.